The Hall–Kier alpha value is -1.72. The Morgan fingerprint density at radius 1 is 1.38 bits per heavy atom. The van der Waals surface area contributed by atoms with Gasteiger partial charge in [-0.05, 0) is 6.07 Å². The number of alkyl halides is 2. The van der Waals surface area contributed by atoms with Gasteiger partial charge in [0.2, 0.25) is 0 Å². The molecule has 86 valence electrons. The maximum absolute atomic E-state index is 12.5. The first kappa shape index (κ1) is 10.8. The van der Waals surface area contributed by atoms with Gasteiger partial charge in [0, 0.05) is 18.9 Å². The van der Waals surface area contributed by atoms with Gasteiger partial charge < -0.3 is 4.74 Å². The van der Waals surface area contributed by atoms with Gasteiger partial charge in [-0.3, -0.25) is 10.1 Å². The molecule has 0 amide bonds. The van der Waals surface area contributed by atoms with Crippen LogP contribution in [0.5, 0.6) is 5.75 Å². The molecular weight excluding hydrogens is 220 g/mol. The fourth-order valence-electron chi connectivity index (χ4n) is 1.58. The van der Waals surface area contributed by atoms with Gasteiger partial charge in [0.1, 0.15) is 6.10 Å². The van der Waals surface area contributed by atoms with E-state index in [9.17, 15) is 18.9 Å². The molecule has 2 rings (SSSR count). The molecule has 16 heavy (non-hydrogen) atoms. The third-order valence-corrected chi connectivity index (χ3v) is 2.41. The van der Waals surface area contributed by atoms with Crippen molar-refractivity contribution in [1.29, 1.82) is 0 Å². The monoisotopic (exact) mass is 229 g/mol. The smallest absolute Gasteiger partial charge is 0.310 e. The van der Waals surface area contributed by atoms with Crippen LogP contribution >= 0.6 is 0 Å². The van der Waals surface area contributed by atoms with Crippen LogP contribution in [0.15, 0.2) is 24.3 Å². The molecule has 0 aliphatic heterocycles. The van der Waals surface area contributed by atoms with Crippen LogP contribution in [-0.4, -0.2) is 16.9 Å². The van der Waals surface area contributed by atoms with E-state index in [4.69, 9.17) is 4.74 Å². The number of rotatable bonds is 3. The lowest BCUT2D eigenvalue weighted by atomic mass is 9.91. The zero-order valence-electron chi connectivity index (χ0n) is 8.23. The predicted molar refractivity (Wildman–Crippen MR) is 51.7 cm³/mol. The Kier molecular flexibility index (Phi) is 2.49. The van der Waals surface area contributed by atoms with Crippen molar-refractivity contribution in [2.75, 3.05) is 0 Å². The highest BCUT2D eigenvalue weighted by Crippen LogP contribution is 2.41. The zero-order chi connectivity index (χ0) is 11.8. The Morgan fingerprint density at radius 3 is 2.56 bits per heavy atom. The molecule has 1 aliphatic rings. The van der Waals surface area contributed by atoms with Crippen LogP contribution in [0.2, 0.25) is 0 Å². The summed E-state index contributed by atoms with van der Waals surface area (Å²) in [6.07, 6.45) is -1.38. The van der Waals surface area contributed by atoms with Crippen molar-refractivity contribution in [3.05, 3.63) is 34.4 Å². The predicted octanol–water partition coefficient (Wildman–Crippen LogP) is 2.77. The summed E-state index contributed by atoms with van der Waals surface area (Å²) in [5.41, 5.74) is -0.197. The molecule has 1 fully saturated rings. The first-order chi connectivity index (χ1) is 7.48. The summed E-state index contributed by atoms with van der Waals surface area (Å²) >= 11 is 0. The van der Waals surface area contributed by atoms with Crippen LogP contribution in [0.1, 0.15) is 12.8 Å². The van der Waals surface area contributed by atoms with Crippen molar-refractivity contribution >= 4 is 5.69 Å². The highest BCUT2D eigenvalue weighted by Gasteiger charge is 2.47. The Balaban J connectivity index is 2.08. The second-order valence-electron chi connectivity index (χ2n) is 3.73. The maximum atomic E-state index is 12.5. The highest BCUT2D eigenvalue weighted by atomic mass is 19.3. The van der Waals surface area contributed by atoms with E-state index in [0.29, 0.717) is 0 Å². The molecule has 6 heteroatoms. The van der Waals surface area contributed by atoms with Crippen molar-refractivity contribution in [3.8, 4) is 5.75 Å². The minimum atomic E-state index is -2.69. The van der Waals surface area contributed by atoms with E-state index < -0.39 is 16.9 Å². The van der Waals surface area contributed by atoms with Gasteiger partial charge in [-0.2, -0.15) is 0 Å². The van der Waals surface area contributed by atoms with E-state index in [2.05, 4.69) is 0 Å². The normalized spacial score (nSPS) is 18.9. The van der Waals surface area contributed by atoms with Crippen molar-refractivity contribution in [3.63, 3.8) is 0 Å². The highest BCUT2D eigenvalue weighted by molar-refractivity contribution is 5.45. The Labute approximate surface area is 90.0 Å². The quantitative estimate of drug-likeness (QED) is 0.591. The molecule has 0 saturated heterocycles. The van der Waals surface area contributed by atoms with Crippen LogP contribution in [0, 0.1) is 10.1 Å². The summed E-state index contributed by atoms with van der Waals surface area (Å²) in [5, 5.41) is 10.6. The van der Waals surface area contributed by atoms with E-state index in [-0.39, 0.29) is 24.3 Å². The number of nitro benzene ring substituents is 1. The van der Waals surface area contributed by atoms with E-state index in [1.165, 1.54) is 18.2 Å². The molecule has 4 nitrogen and oxygen atoms in total. The molecule has 0 N–H and O–H groups in total. The number of benzene rings is 1. The average molecular weight is 229 g/mol. The van der Waals surface area contributed by atoms with Crippen LogP contribution in [0.3, 0.4) is 0 Å². The van der Waals surface area contributed by atoms with Crippen LogP contribution in [-0.2, 0) is 0 Å². The van der Waals surface area contributed by atoms with Crippen molar-refractivity contribution in [2.24, 2.45) is 0 Å². The molecule has 0 heterocycles. The SMILES string of the molecule is O=[N+]([O-])c1ccccc1OC1CC(F)(F)C1. The summed E-state index contributed by atoms with van der Waals surface area (Å²) in [4.78, 5) is 10.0. The van der Waals surface area contributed by atoms with Crippen molar-refractivity contribution < 1.29 is 18.4 Å². The van der Waals surface area contributed by atoms with Crippen LogP contribution in [0.25, 0.3) is 0 Å². The molecule has 0 atom stereocenters. The molecule has 1 aromatic rings. The largest absolute Gasteiger partial charge is 0.483 e. The second kappa shape index (κ2) is 3.70. The van der Waals surface area contributed by atoms with Gasteiger partial charge in [-0.25, -0.2) is 8.78 Å². The lowest BCUT2D eigenvalue weighted by Crippen LogP contribution is -2.43. The molecule has 1 saturated carbocycles. The average Bonchev–Trinajstić information content (AvgIpc) is 2.15. The summed E-state index contributed by atoms with van der Waals surface area (Å²) in [6.45, 7) is 0. The van der Waals surface area contributed by atoms with E-state index >= 15 is 0 Å². The van der Waals surface area contributed by atoms with Gasteiger partial charge in [-0.1, -0.05) is 12.1 Å². The molecule has 0 spiro atoms. The minimum Gasteiger partial charge on any atom is -0.483 e. The number of halogens is 2. The minimum absolute atomic E-state index is 0.0491. The fourth-order valence-corrected chi connectivity index (χ4v) is 1.58. The van der Waals surface area contributed by atoms with Gasteiger partial charge in [0.25, 0.3) is 5.92 Å². The molecule has 1 aromatic carbocycles. The first-order valence-corrected chi connectivity index (χ1v) is 4.76. The van der Waals surface area contributed by atoms with E-state index in [0.717, 1.165) is 0 Å². The third kappa shape index (κ3) is 2.10. The lowest BCUT2D eigenvalue weighted by molar-refractivity contribution is -0.386. The lowest BCUT2D eigenvalue weighted by Gasteiger charge is -2.34. The Morgan fingerprint density at radius 2 is 2.00 bits per heavy atom. The zero-order valence-corrected chi connectivity index (χ0v) is 8.23. The number of para-hydroxylation sites is 2. The van der Waals surface area contributed by atoms with Gasteiger partial charge >= 0.3 is 5.69 Å². The van der Waals surface area contributed by atoms with Crippen LogP contribution in [0.4, 0.5) is 14.5 Å². The summed E-state index contributed by atoms with van der Waals surface area (Å²) < 4.78 is 30.2. The van der Waals surface area contributed by atoms with E-state index in [1.807, 2.05) is 0 Å². The molecule has 0 aromatic heterocycles. The second-order valence-corrected chi connectivity index (χ2v) is 3.73. The standard InChI is InChI=1S/C10H9F2NO3/c11-10(12)5-7(6-10)16-9-4-2-1-3-8(9)13(14)15/h1-4,7H,5-6H2. The topological polar surface area (TPSA) is 52.4 Å². The summed E-state index contributed by atoms with van der Waals surface area (Å²) in [7, 11) is 0. The molecular formula is C10H9F2NO3. The fraction of sp³-hybridized carbons (Fsp3) is 0.400. The van der Waals surface area contributed by atoms with Crippen molar-refractivity contribution in [2.45, 2.75) is 24.9 Å². The Bertz CT molecular complexity index is 414. The summed E-state index contributed by atoms with van der Waals surface area (Å²) in [6, 6.07) is 5.76. The molecule has 1 aliphatic carbocycles. The van der Waals surface area contributed by atoms with E-state index in [1.54, 1.807) is 6.07 Å². The molecule has 0 radical (unpaired) electrons. The number of hydrogen-bond donors (Lipinski definition) is 0. The number of nitro groups is 1. The molecule has 0 unspecified atom stereocenters. The number of nitrogens with zero attached hydrogens (tertiary/aromatic N) is 1. The van der Waals surface area contributed by atoms with Crippen LogP contribution < -0.4 is 4.74 Å². The first-order valence-electron chi connectivity index (χ1n) is 4.76. The van der Waals surface area contributed by atoms with Gasteiger partial charge in [0.15, 0.2) is 5.75 Å². The summed E-state index contributed by atoms with van der Waals surface area (Å²) in [5.74, 6) is -2.64. The third-order valence-electron chi connectivity index (χ3n) is 2.41. The van der Waals surface area contributed by atoms with Gasteiger partial charge in [-0.15, -0.1) is 0 Å². The van der Waals surface area contributed by atoms with Gasteiger partial charge in [0.05, 0.1) is 4.92 Å². The number of hydrogen-bond acceptors (Lipinski definition) is 3. The molecule has 0 bridgehead atoms. The number of ether oxygens (including phenoxy) is 1. The van der Waals surface area contributed by atoms with Crippen molar-refractivity contribution in [1.82, 2.24) is 0 Å². The maximum Gasteiger partial charge on any atom is 0.310 e.